The van der Waals surface area contributed by atoms with Gasteiger partial charge in [-0.05, 0) is 12.3 Å². The summed E-state index contributed by atoms with van der Waals surface area (Å²) in [5.41, 5.74) is 0.648. The van der Waals surface area contributed by atoms with Crippen molar-refractivity contribution in [3.8, 4) is 0 Å². The van der Waals surface area contributed by atoms with Crippen molar-refractivity contribution in [1.29, 1.82) is 5.41 Å². The molecule has 0 spiro atoms. The lowest BCUT2D eigenvalue weighted by molar-refractivity contribution is 0.177. The van der Waals surface area contributed by atoms with E-state index >= 15 is 0 Å². The van der Waals surface area contributed by atoms with E-state index in [9.17, 15) is 0 Å². The van der Waals surface area contributed by atoms with Gasteiger partial charge in [0.15, 0.2) is 0 Å². The van der Waals surface area contributed by atoms with Crippen molar-refractivity contribution in [2.24, 2.45) is 5.92 Å². The molecule has 2 nitrogen and oxygen atoms in total. The molecule has 0 aromatic carbocycles. The van der Waals surface area contributed by atoms with E-state index in [1.807, 2.05) is 20.8 Å². The maximum absolute atomic E-state index is 9.14. The van der Waals surface area contributed by atoms with E-state index in [2.05, 4.69) is 0 Å². The van der Waals surface area contributed by atoms with Crippen molar-refractivity contribution in [3.05, 3.63) is 0 Å². The highest BCUT2D eigenvalue weighted by atomic mass is 16.3. The standard InChI is InChI=1S/C8H17NO/c1-4-7(10)5-8(9)6(2)3/h6-7,9-10H,4-5H2,1-3H3. The summed E-state index contributed by atoms with van der Waals surface area (Å²) >= 11 is 0. The topological polar surface area (TPSA) is 44.1 Å². The Kier molecular flexibility index (Phi) is 4.28. The van der Waals surface area contributed by atoms with Gasteiger partial charge in [0.25, 0.3) is 0 Å². The lowest BCUT2D eigenvalue weighted by Gasteiger charge is -2.10. The Morgan fingerprint density at radius 2 is 2.00 bits per heavy atom. The molecule has 0 saturated carbocycles. The molecule has 0 aliphatic rings. The predicted octanol–water partition coefficient (Wildman–Crippen LogP) is 1.82. The van der Waals surface area contributed by atoms with E-state index in [-0.39, 0.29) is 12.0 Å². The maximum atomic E-state index is 9.14. The van der Waals surface area contributed by atoms with Gasteiger partial charge in [-0.25, -0.2) is 0 Å². The number of aliphatic hydroxyl groups excluding tert-OH is 1. The van der Waals surface area contributed by atoms with E-state index in [1.165, 1.54) is 0 Å². The molecule has 0 bridgehead atoms. The smallest absolute Gasteiger partial charge is 0.0589 e. The molecule has 10 heavy (non-hydrogen) atoms. The lowest BCUT2D eigenvalue weighted by atomic mass is 10.0. The molecule has 2 heteroatoms. The van der Waals surface area contributed by atoms with Crippen molar-refractivity contribution in [3.63, 3.8) is 0 Å². The second-order valence-electron chi connectivity index (χ2n) is 2.95. The fraction of sp³-hybridized carbons (Fsp3) is 0.875. The first-order valence-corrected chi connectivity index (χ1v) is 3.83. The molecule has 1 unspecified atom stereocenters. The van der Waals surface area contributed by atoms with Gasteiger partial charge in [-0.3, -0.25) is 0 Å². The van der Waals surface area contributed by atoms with Crippen LogP contribution in [0.1, 0.15) is 33.6 Å². The van der Waals surface area contributed by atoms with Gasteiger partial charge in [0, 0.05) is 12.1 Å². The van der Waals surface area contributed by atoms with Gasteiger partial charge in [0.1, 0.15) is 0 Å². The molecule has 0 aromatic rings. The molecule has 2 N–H and O–H groups in total. The summed E-state index contributed by atoms with van der Waals surface area (Å²) in [5.74, 6) is 0.279. The first-order chi connectivity index (χ1) is 4.57. The van der Waals surface area contributed by atoms with Crippen LogP contribution < -0.4 is 0 Å². The van der Waals surface area contributed by atoms with Crippen LogP contribution in [0.4, 0.5) is 0 Å². The zero-order valence-electron chi connectivity index (χ0n) is 7.02. The Hall–Kier alpha value is -0.370. The summed E-state index contributed by atoms with van der Waals surface area (Å²) in [6.45, 7) is 5.88. The molecule has 1 atom stereocenters. The lowest BCUT2D eigenvalue weighted by Crippen LogP contribution is -2.15. The van der Waals surface area contributed by atoms with E-state index in [0.717, 1.165) is 6.42 Å². The van der Waals surface area contributed by atoms with E-state index in [0.29, 0.717) is 12.1 Å². The van der Waals surface area contributed by atoms with E-state index in [4.69, 9.17) is 10.5 Å². The van der Waals surface area contributed by atoms with Crippen LogP contribution in [0.5, 0.6) is 0 Å². The highest BCUT2D eigenvalue weighted by Gasteiger charge is 2.07. The summed E-state index contributed by atoms with van der Waals surface area (Å²) in [6.07, 6.45) is 0.971. The zero-order chi connectivity index (χ0) is 8.15. The molecule has 0 saturated heterocycles. The van der Waals surface area contributed by atoms with Gasteiger partial charge >= 0.3 is 0 Å². The van der Waals surface area contributed by atoms with Crippen LogP contribution in [0.2, 0.25) is 0 Å². The van der Waals surface area contributed by atoms with Crippen LogP contribution in [0.25, 0.3) is 0 Å². The largest absolute Gasteiger partial charge is 0.393 e. The van der Waals surface area contributed by atoms with E-state index < -0.39 is 0 Å². The van der Waals surface area contributed by atoms with Gasteiger partial charge in [-0.15, -0.1) is 0 Å². The summed E-state index contributed by atoms with van der Waals surface area (Å²) in [5, 5.41) is 16.6. The number of hydrogen-bond acceptors (Lipinski definition) is 2. The molecule has 0 fully saturated rings. The highest BCUT2D eigenvalue weighted by molar-refractivity contribution is 5.83. The van der Waals surface area contributed by atoms with Crippen LogP contribution in [0.15, 0.2) is 0 Å². The molecule has 60 valence electrons. The minimum Gasteiger partial charge on any atom is -0.393 e. The van der Waals surface area contributed by atoms with Crippen molar-refractivity contribution in [2.75, 3.05) is 0 Å². The van der Waals surface area contributed by atoms with Gasteiger partial charge < -0.3 is 10.5 Å². The SMILES string of the molecule is CCC(O)CC(=N)C(C)C. The molecule has 0 aromatic heterocycles. The van der Waals surface area contributed by atoms with Crippen LogP contribution in [0.3, 0.4) is 0 Å². The minimum atomic E-state index is -0.310. The zero-order valence-corrected chi connectivity index (χ0v) is 7.02. The maximum Gasteiger partial charge on any atom is 0.0589 e. The summed E-state index contributed by atoms with van der Waals surface area (Å²) in [7, 11) is 0. The summed E-state index contributed by atoms with van der Waals surface area (Å²) < 4.78 is 0. The van der Waals surface area contributed by atoms with Crippen LogP contribution in [0, 0.1) is 11.3 Å². The second-order valence-corrected chi connectivity index (χ2v) is 2.95. The van der Waals surface area contributed by atoms with Gasteiger partial charge in [-0.2, -0.15) is 0 Å². The summed E-state index contributed by atoms with van der Waals surface area (Å²) in [4.78, 5) is 0. The average molecular weight is 143 g/mol. The van der Waals surface area contributed by atoms with Gasteiger partial charge in [-0.1, -0.05) is 20.8 Å². The second kappa shape index (κ2) is 4.45. The normalized spacial score (nSPS) is 13.7. The van der Waals surface area contributed by atoms with Crippen molar-refractivity contribution in [1.82, 2.24) is 0 Å². The molecular formula is C8H17NO. The third-order valence-corrected chi connectivity index (χ3v) is 1.62. The Bertz CT molecular complexity index is 110. The molecule has 0 aliphatic carbocycles. The Labute approximate surface area is 62.8 Å². The van der Waals surface area contributed by atoms with Gasteiger partial charge in [0.05, 0.1) is 6.10 Å². The molecule has 0 rings (SSSR count). The highest BCUT2D eigenvalue weighted by Crippen LogP contribution is 2.04. The number of aliphatic hydroxyl groups is 1. The third-order valence-electron chi connectivity index (χ3n) is 1.62. The molecule has 0 aliphatic heterocycles. The average Bonchev–Trinajstić information content (AvgIpc) is 1.87. The third kappa shape index (κ3) is 3.62. The van der Waals surface area contributed by atoms with Crippen LogP contribution in [-0.4, -0.2) is 16.9 Å². The van der Waals surface area contributed by atoms with Crippen molar-refractivity contribution >= 4 is 5.71 Å². The summed E-state index contributed by atoms with van der Waals surface area (Å²) in [6, 6.07) is 0. The van der Waals surface area contributed by atoms with Gasteiger partial charge in [0.2, 0.25) is 0 Å². The predicted molar refractivity (Wildman–Crippen MR) is 43.5 cm³/mol. The molecule has 0 heterocycles. The first kappa shape index (κ1) is 9.63. The fourth-order valence-corrected chi connectivity index (χ4v) is 0.634. The van der Waals surface area contributed by atoms with Crippen molar-refractivity contribution in [2.45, 2.75) is 39.7 Å². The van der Waals surface area contributed by atoms with Crippen LogP contribution in [-0.2, 0) is 0 Å². The fourth-order valence-electron chi connectivity index (χ4n) is 0.634. The first-order valence-electron chi connectivity index (χ1n) is 3.83. The molecule has 0 radical (unpaired) electrons. The monoisotopic (exact) mass is 143 g/mol. The molecular weight excluding hydrogens is 126 g/mol. The number of nitrogens with one attached hydrogen (secondary N) is 1. The van der Waals surface area contributed by atoms with Crippen molar-refractivity contribution < 1.29 is 5.11 Å². The number of hydrogen-bond donors (Lipinski definition) is 2. The number of rotatable bonds is 4. The molecule has 0 amide bonds. The Morgan fingerprint density at radius 3 is 2.30 bits per heavy atom. The Balaban J connectivity index is 3.57. The van der Waals surface area contributed by atoms with E-state index in [1.54, 1.807) is 0 Å². The quantitative estimate of drug-likeness (QED) is 0.579. The van der Waals surface area contributed by atoms with Crippen LogP contribution >= 0.6 is 0 Å². The minimum absolute atomic E-state index is 0.279. The Morgan fingerprint density at radius 1 is 1.50 bits per heavy atom.